The molecule has 0 spiro atoms. The van der Waals surface area contributed by atoms with Crippen LogP contribution in [0.25, 0.3) is 22.1 Å². The summed E-state index contributed by atoms with van der Waals surface area (Å²) in [5.41, 5.74) is 3.88. The molecule has 0 unspecified atom stereocenters. The molecule has 2 heterocycles. The number of nitrogens with zero attached hydrogens (tertiary/aromatic N) is 3. The van der Waals surface area contributed by atoms with Gasteiger partial charge in [0.15, 0.2) is 5.65 Å². The van der Waals surface area contributed by atoms with E-state index in [1.807, 2.05) is 29.3 Å². The van der Waals surface area contributed by atoms with Crippen LogP contribution in [0.1, 0.15) is 6.92 Å². The van der Waals surface area contributed by atoms with E-state index in [1.165, 1.54) is 5.57 Å². The van der Waals surface area contributed by atoms with E-state index in [1.54, 1.807) is 11.8 Å². The zero-order valence-electron chi connectivity index (χ0n) is 10.2. The molecule has 1 aromatic carbocycles. The fourth-order valence-electron chi connectivity index (χ4n) is 1.78. The highest BCUT2D eigenvalue weighted by molar-refractivity contribution is 9.11. The number of hydrogen-bond donors (Lipinski definition) is 1. The molecular weight excluding hydrogens is 324 g/mol. The summed E-state index contributed by atoms with van der Waals surface area (Å²) in [5, 5.41) is 10.2. The van der Waals surface area contributed by atoms with Crippen molar-refractivity contribution in [2.24, 2.45) is 0 Å². The number of aromatic nitrogens is 4. The zero-order chi connectivity index (χ0) is 13.2. The van der Waals surface area contributed by atoms with E-state index in [4.69, 9.17) is 0 Å². The molecule has 0 amide bonds. The minimum absolute atomic E-state index is 0.688. The van der Waals surface area contributed by atoms with Crippen LogP contribution in [-0.2, 0) is 0 Å². The molecule has 0 saturated carbocycles. The number of thioether (sulfide) groups is 1. The lowest BCUT2D eigenvalue weighted by atomic mass is 10.2. The average Bonchev–Trinajstić information content (AvgIpc) is 2.82. The predicted molar refractivity (Wildman–Crippen MR) is 82.6 cm³/mol. The predicted octanol–water partition coefficient (Wildman–Crippen LogP) is 3.90. The van der Waals surface area contributed by atoms with Gasteiger partial charge in [0.25, 0.3) is 0 Å². The third-order valence-corrected chi connectivity index (χ3v) is 4.53. The van der Waals surface area contributed by atoms with Crippen molar-refractivity contribution in [1.29, 1.82) is 0 Å². The summed E-state index contributed by atoms with van der Waals surface area (Å²) in [7, 11) is 0. The molecule has 0 atom stereocenters. The molecule has 4 nitrogen and oxygen atoms in total. The number of aromatic amines is 1. The normalized spacial score (nSPS) is 12.4. The number of nitrogens with one attached hydrogen (secondary N) is 1. The van der Waals surface area contributed by atoms with E-state index >= 15 is 0 Å². The van der Waals surface area contributed by atoms with E-state index < -0.39 is 0 Å². The highest BCUT2D eigenvalue weighted by Crippen LogP contribution is 2.23. The number of para-hydroxylation sites is 1. The summed E-state index contributed by atoms with van der Waals surface area (Å²) in [6, 6.07) is 8.02. The van der Waals surface area contributed by atoms with Gasteiger partial charge in [-0.15, -0.1) is 10.2 Å². The summed E-state index contributed by atoms with van der Waals surface area (Å²) in [5.74, 6) is 0.846. The monoisotopic (exact) mass is 334 g/mol. The smallest absolute Gasteiger partial charge is 0.211 e. The highest BCUT2D eigenvalue weighted by Gasteiger charge is 2.08. The second-order valence-corrected chi connectivity index (χ2v) is 5.61. The summed E-state index contributed by atoms with van der Waals surface area (Å²) >= 11 is 4.89. The Balaban J connectivity index is 1.99. The second-order valence-electron chi connectivity index (χ2n) is 4.21. The van der Waals surface area contributed by atoms with E-state index in [0.717, 1.165) is 27.8 Å². The lowest BCUT2D eigenvalue weighted by molar-refractivity contribution is 0.879. The van der Waals surface area contributed by atoms with Gasteiger partial charge in [-0.05, 0) is 18.0 Å². The lowest BCUT2D eigenvalue weighted by Crippen LogP contribution is -1.92. The quantitative estimate of drug-likeness (QED) is 0.738. The van der Waals surface area contributed by atoms with Crippen molar-refractivity contribution in [2.45, 2.75) is 12.1 Å². The van der Waals surface area contributed by atoms with Gasteiger partial charge in [0.1, 0.15) is 5.52 Å². The fraction of sp³-hybridized carbons (Fsp3) is 0.154. The Morgan fingerprint density at radius 2 is 2.21 bits per heavy atom. The van der Waals surface area contributed by atoms with Crippen LogP contribution in [-0.4, -0.2) is 25.9 Å². The molecule has 96 valence electrons. The molecule has 0 radical (unpaired) electrons. The maximum absolute atomic E-state index is 4.51. The molecule has 0 bridgehead atoms. The van der Waals surface area contributed by atoms with E-state index in [2.05, 4.69) is 43.0 Å². The Hall–Kier alpha value is -1.40. The molecule has 0 saturated heterocycles. The third-order valence-electron chi connectivity index (χ3n) is 2.72. The molecule has 19 heavy (non-hydrogen) atoms. The van der Waals surface area contributed by atoms with Gasteiger partial charge in [-0.25, -0.2) is 4.98 Å². The van der Waals surface area contributed by atoms with Crippen LogP contribution in [0.3, 0.4) is 0 Å². The molecule has 0 aliphatic heterocycles. The first-order valence-electron chi connectivity index (χ1n) is 5.78. The molecular formula is C13H11BrN4S. The van der Waals surface area contributed by atoms with Crippen molar-refractivity contribution in [1.82, 2.24) is 20.2 Å². The minimum atomic E-state index is 0.688. The second kappa shape index (κ2) is 5.30. The maximum Gasteiger partial charge on any atom is 0.211 e. The first kappa shape index (κ1) is 12.6. The number of fused-ring (bicyclic) bond motifs is 3. The third kappa shape index (κ3) is 2.50. The Labute approximate surface area is 122 Å². The molecule has 6 heteroatoms. The maximum atomic E-state index is 4.51. The van der Waals surface area contributed by atoms with Crippen molar-refractivity contribution in [3.63, 3.8) is 0 Å². The average molecular weight is 335 g/mol. The largest absolute Gasteiger partial charge is 0.338 e. The number of halogens is 1. The Morgan fingerprint density at radius 3 is 3.05 bits per heavy atom. The summed E-state index contributed by atoms with van der Waals surface area (Å²) in [4.78, 5) is 9.69. The van der Waals surface area contributed by atoms with E-state index in [0.29, 0.717) is 5.16 Å². The molecule has 3 aromatic rings. The molecule has 0 fully saturated rings. The van der Waals surface area contributed by atoms with Crippen LogP contribution in [0.4, 0.5) is 0 Å². The van der Waals surface area contributed by atoms with Gasteiger partial charge in [0, 0.05) is 16.7 Å². The lowest BCUT2D eigenvalue weighted by Gasteiger charge is -1.98. The van der Waals surface area contributed by atoms with Crippen molar-refractivity contribution >= 4 is 49.8 Å². The number of hydrogen-bond acceptors (Lipinski definition) is 4. The van der Waals surface area contributed by atoms with Crippen LogP contribution in [0.15, 0.2) is 40.0 Å². The first-order chi connectivity index (χ1) is 9.28. The van der Waals surface area contributed by atoms with Gasteiger partial charge in [-0.3, -0.25) is 0 Å². The Morgan fingerprint density at radius 1 is 1.37 bits per heavy atom. The molecule has 3 rings (SSSR count). The van der Waals surface area contributed by atoms with Gasteiger partial charge in [0.2, 0.25) is 5.16 Å². The van der Waals surface area contributed by atoms with Crippen molar-refractivity contribution in [2.75, 3.05) is 5.75 Å². The van der Waals surface area contributed by atoms with Crippen molar-refractivity contribution in [3.05, 3.63) is 34.8 Å². The Kier molecular flexibility index (Phi) is 3.52. The van der Waals surface area contributed by atoms with Crippen molar-refractivity contribution in [3.8, 4) is 0 Å². The van der Waals surface area contributed by atoms with Gasteiger partial charge >= 0.3 is 0 Å². The number of benzene rings is 1. The van der Waals surface area contributed by atoms with Crippen LogP contribution in [0, 0.1) is 0 Å². The first-order valence-corrected chi connectivity index (χ1v) is 7.68. The van der Waals surface area contributed by atoms with Crippen molar-refractivity contribution < 1.29 is 0 Å². The van der Waals surface area contributed by atoms with E-state index in [-0.39, 0.29) is 0 Å². The highest BCUT2D eigenvalue weighted by atomic mass is 79.9. The van der Waals surface area contributed by atoms with Gasteiger partial charge < -0.3 is 4.98 Å². The number of rotatable bonds is 3. The number of H-pyrrole nitrogens is 1. The summed E-state index contributed by atoms with van der Waals surface area (Å²) < 4.78 is 0. The van der Waals surface area contributed by atoms with Crippen LogP contribution in [0.5, 0.6) is 0 Å². The molecule has 0 aliphatic rings. The van der Waals surface area contributed by atoms with Gasteiger partial charge in [-0.2, -0.15) is 0 Å². The summed E-state index contributed by atoms with van der Waals surface area (Å²) in [6.45, 7) is 2.05. The summed E-state index contributed by atoms with van der Waals surface area (Å²) in [6.07, 6.45) is 0. The fourth-order valence-corrected chi connectivity index (χ4v) is 2.85. The van der Waals surface area contributed by atoms with Crippen LogP contribution >= 0.6 is 27.7 Å². The molecule has 1 N–H and O–H groups in total. The van der Waals surface area contributed by atoms with Gasteiger partial charge in [0.05, 0.1) is 0 Å². The van der Waals surface area contributed by atoms with Gasteiger partial charge in [-0.1, -0.05) is 51.5 Å². The minimum Gasteiger partial charge on any atom is -0.338 e. The Bertz CT molecular complexity index is 766. The van der Waals surface area contributed by atoms with Crippen LogP contribution in [0.2, 0.25) is 0 Å². The SMILES string of the molecule is CC(=CBr)CSc1nnc2c(n1)[nH]c1ccccc12. The van der Waals surface area contributed by atoms with Crippen LogP contribution < -0.4 is 0 Å². The standard InChI is InChI=1S/C13H11BrN4S/c1-8(6-14)7-19-13-16-12-11(17-18-13)9-4-2-3-5-10(9)15-12/h2-6H,7H2,1H3,(H,15,16,18). The molecule has 0 aliphatic carbocycles. The van der Waals surface area contributed by atoms with E-state index in [9.17, 15) is 0 Å². The zero-order valence-corrected chi connectivity index (χ0v) is 12.6. The topological polar surface area (TPSA) is 54.5 Å². The molecule has 2 aromatic heterocycles.